The van der Waals surface area contributed by atoms with Crippen LogP contribution in [0.25, 0.3) is 0 Å². The van der Waals surface area contributed by atoms with E-state index in [1.54, 1.807) is 0 Å². The molecule has 0 bridgehead atoms. The molecule has 0 aliphatic heterocycles. The second kappa shape index (κ2) is 6.78. The molecule has 0 atom stereocenters. The Morgan fingerprint density at radius 2 is 2.24 bits per heavy atom. The maximum atomic E-state index is 4.34. The van der Waals surface area contributed by atoms with Crippen LogP contribution < -0.4 is 5.32 Å². The minimum Gasteiger partial charge on any atom is -0.308 e. The van der Waals surface area contributed by atoms with Gasteiger partial charge in [0.25, 0.3) is 0 Å². The lowest BCUT2D eigenvalue weighted by Gasteiger charge is -2.15. The van der Waals surface area contributed by atoms with Gasteiger partial charge in [-0.2, -0.15) is 0 Å². The fourth-order valence-electron chi connectivity index (χ4n) is 2.19. The fourth-order valence-corrected chi connectivity index (χ4v) is 2.19. The monoisotopic (exact) mass is 286 g/mol. The Morgan fingerprint density at radius 1 is 1.33 bits per heavy atom. The minimum absolute atomic E-state index is 0.708. The number of nitrogens with one attached hydrogen (secondary N) is 1. The smallest absolute Gasteiger partial charge is 0.0964 e. The molecule has 112 valence electrons. The molecule has 1 saturated carbocycles. The molecule has 2 aromatic heterocycles. The Balaban J connectivity index is 1.41. The van der Waals surface area contributed by atoms with E-state index in [0.717, 1.165) is 37.6 Å². The number of hydrogen-bond donors (Lipinski definition) is 1. The zero-order valence-corrected chi connectivity index (χ0v) is 12.4. The van der Waals surface area contributed by atoms with Crippen LogP contribution in [0.1, 0.15) is 24.2 Å². The molecule has 1 fully saturated rings. The molecular weight excluding hydrogens is 264 g/mol. The highest BCUT2D eigenvalue weighted by Crippen LogP contribution is 2.18. The van der Waals surface area contributed by atoms with E-state index in [1.807, 2.05) is 35.3 Å². The number of rotatable bonds is 8. The van der Waals surface area contributed by atoms with Crippen LogP contribution in [0.2, 0.25) is 0 Å². The lowest BCUT2D eigenvalue weighted by molar-refractivity contribution is 0.300. The molecule has 0 amide bonds. The summed E-state index contributed by atoms with van der Waals surface area (Å²) < 4.78 is 1.92. The quantitative estimate of drug-likeness (QED) is 0.786. The van der Waals surface area contributed by atoms with E-state index in [4.69, 9.17) is 0 Å². The van der Waals surface area contributed by atoms with E-state index >= 15 is 0 Å². The first-order valence-corrected chi connectivity index (χ1v) is 7.50. The molecule has 6 heteroatoms. The van der Waals surface area contributed by atoms with E-state index in [2.05, 4.69) is 32.6 Å². The first-order chi connectivity index (χ1) is 10.3. The van der Waals surface area contributed by atoms with Gasteiger partial charge in [0.2, 0.25) is 0 Å². The van der Waals surface area contributed by atoms with Crippen molar-refractivity contribution in [2.75, 3.05) is 13.6 Å². The van der Waals surface area contributed by atoms with Gasteiger partial charge in [0, 0.05) is 38.1 Å². The average Bonchev–Trinajstić information content (AvgIpc) is 3.22. The zero-order valence-electron chi connectivity index (χ0n) is 12.4. The van der Waals surface area contributed by atoms with Crippen molar-refractivity contribution in [3.63, 3.8) is 0 Å². The molecule has 6 nitrogen and oxygen atoms in total. The largest absolute Gasteiger partial charge is 0.308 e. The van der Waals surface area contributed by atoms with Crippen molar-refractivity contribution in [3.05, 3.63) is 42.0 Å². The summed E-state index contributed by atoms with van der Waals surface area (Å²) in [7, 11) is 2.10. The molecule has 1 aliphatic carbocycles. The maximum Gasteiger partial charge on any atom is 0.0964 e. The van der Waals surface area contributed by atoms with Gasteiger partial charge in [0.1, 0.15) is 0 Å². The Labute approximate surface area is 125 Å². The molecule has 2 heterocycles. The number of likely N-dealkylation sites (N-methyl/N-ethyl adjacent to an activating group) is 1. The van der Waals surface area contributed by atoms with E-state index in [1.165, 1.54) is 12.8 Å². The number of nitrogens with zero attached hydrogens (tertiary/aromatic N) is 5. The van der Waals surface area contributed by atoms with E-state index < -0.39 is 0 Å². The van der Waals surface area contributed by atoms with Gasteiger partial charge in [0.05, 0.1) is 17.9 Å². The van der Waals surface area contributed by atoms with Crippen LogP contribution in [-0.2, 0) is 19.6 Å². The molecule has 0 aromatic carbocycles. The third kappa shape index (κ3) is 4.61. The molecule has 1 N–H and O–H groups in total. The fraction of sp³-hybridized carbons (Fsp3) is 0.533. The maximum absolute atomic E-state index is 4.34. The van der Waals surface area contributed by atoms with Crippen molar-refractivity contribution in [1.82, 2.24) is 30.2 Å². The van der Waals surface area contributed by atoms with Gasteiger partial charge in [-0.3, -0.25) is 14.6 Å². The van der Waals surface area contributed by atoms with Gasteiger partial charge in [-0.05, 0) is 32.0 Å². The van der Waals surface area contributed by atoms with Crippen LogP contribution in [0.4, 0.5) is 0 Å². The molecule has 1 aliphatic rings. The van der Waals surface area contributed by atoms with Crippen LogP contribution in [0.5, 0.6) is 0 Å². The molecule has 0 radical (unpaired) electrons. The predicted molar refractivity (Wildman–Crippen MR) is 80.5 cm³/mol. The van der Waals surface area contributed by atoms with Gasteiger partial charge < -0.3 is 5.32 Å². The molecule has 2 aromatic rings. The second-order valence-electron chi connectivity index (χ2n) is 5.69. The Hall–Kier alpha value is -1.79. The Bertz CT molecular complexity index is 548. The second-order valence-corrected chi connectivity index (χ2v) is 5.69. The van der Waals surface area contributed by atoms with Crippen LogP contribution in [-0.4, -0.2) is 44.5 Å². The summed E-state index contributed by atoms with van der Waals surface area (Å²) in [4.78, 5) is 6.58. The summed E-state index contributed by atoms with van der Waals surface area (Å²) in [5, 5.41) is 11.8. The van der Waals surface area contributed by atoms with E-state index in [9.17, 15) is 0 Å². The topological polar surface area (TPSA) is 58.9 Å². The predicted octanol–water partition coefficient (Wildman–Crippen LogP) is 1.06. The number of pyridine rings is 1. The standard InChI is InChI=1S/C15H22N6/c1-20(11-14-4-2-3-7-16-14)8-9-21-12-15(18-19-21)10-17-13-5-6-13/h2-4,7,12-13,17H,5-6,8-11H2,1H3. The summed E-state index contributed by atoms with van der Waals surface area (Å²) in [6, 6.07) is 6.72. The van der Waals surface area contributed by atoms with Crippen LogP contribution >= 0.6 is 0 Å². The molecule has 21 heavy (non-hydrogen) atoms. The van der Waals surface area contributed by atoms with Crippen molar-refractivity contribution in [3.8, 4) is 0 Å². The molecule has 3 rings (SSSR count). The first-order valence-electron chi connectivity index (χ1n) is 7.50. The van der Waals surface area contributed by atoms with Crippen molar-refractivity contribution in [2.24, 2.45) is 0 Å². The van der Waals surface area contributed by atoms with Crippen molar-refractivity contribution in [1.29, 1.82) is 0 Å². The van der Waals surface area contributed by atoms with Gasteiger partial charge in [-0.15, -0.1) is 5.10 Å². The average molecular weight is 286 g/mol. The van der Waals surface area contributed by atoms with E-state index in [-0.39, 0.29) is 0 Å². The normalized spacial score (nSPS) is 14.8. The van der Waals surface area contributed by atoms with Crippen molar-refractivity contribution in [2.45, 2.75) is 38.5 Å². The molecule has 0 spiro atoms. The summed E-state index contributed by atoms with van der Waals surface area (Å²) in [6.07, 6.45) is 6.46. The van der Waals surface area contributed by atoms with Gasteiger partial charge in [-0.25, -0.2) is 0 Å². The van der Waals surface area contributed by atoms with Crippen LogP contribution in [0, 0.1) is 0 Å². The molecule has 0 saturated heterocycles. The highest BCUT2D eigenvalue weighted by Gasteiger charge is 2.20. The summed E-state index contributed by atoms with van der Waals surface area (Å²) in [5.74, 6) is 0. The minimum atomic E-state index is 0.708. The first kappa shape index (κ1) is 14.2. The SMILES string of the molecule is CN(CCn1cc(CNC2CC2)nn1)Cc1ccccn1. The number of aromatic nitrogens is 4. The molecule has 0 unspecified atom stereocenters. The Morgan fingerprint density at radius 3 is 3.00 bits per heavy atom. The van der Waals surface area contributed by atoms with Crippen molar-refractivity contribution >= 4 is 0 Å². The highest BCUT2D eigenvalue weighted by molar-refractivity contribution is 5.03. The summed E-state index contributed by atoms with van der Waals surface area (Å²) >= 11 is 0. The summed E-state index contributed by atoms with van der Waals surface area (Å²) in [5.41, 5.74) is 2.11. The highest BCUT2D eigenvalue weighted by atomic mass is 15.4. The van der Waals surface area contributed by atoms with Gasteiger partial charge in [0.15, 0.2) is 0 Å². The van der Waals surface area contributed by atoms with Crippen LogP contribution in [0.3, 0.4) is 0 Å². The summed E-state index contributed by atoms with van der Waals surface area (Å²) in [6.45, 7) is 3.45. The van der Waals surface area contributed by atoms with Gasteiger partial charge in [-0.1, -0.05) is 11.3 Å². The molecular formula is C15H22N6. The van der Waals surface area contributed by atoms with E-state index in [0.29, 0.717) is 6.04 Å². The number of hydrogen-bond acceptors (Lipinski definition) is 5. The third-order valence-corrected chi connectivity index (χ3v) is 3.60. The van der Waals surface area contributed by atoms with Crippen molar-refractivity contribution < 1.29 is 0 Å². The lowest BCUT2D eigenvalue weighted by Crippen LogP contribution is -2.23. The van der Waals surface area contributed by atoms with Crippen LogP contribution in [0.15, 0.2) is 30.6 Å². The Kier molecular flexibility index (Phi) is 4.57. The van der Waals surface area contributed by atoms with Gasteiger partial charge >= 0.3 is 0 Å². The lowest BCUT2D eigenvalue weighted by atomic mass is 10.3. The zero-order chi connectivity index (χ0) is 14.5. The third-order valence-electron chi connectivity index (χ3n) is 3.60.